The van der Waals surface area contributed by atoms with Gasteiger partial charge in [-0.3, -0.25) is 4.98 Å². The maximum atomic E-state index is 10.3. The Bertz CT molecular complexity index is 320. The van der Waals surface area contributed by atoms with Crippen LogP contribution in [-0.2, 0) is 0 Å². The number of carbonyl (C=O) groups is 1. The molecule has 0 spiro atoms. The molecule has 0 saturated heterocycles. The summed E-state index contributed by atoms with van der Waals surface area (Å²) in [5, 5.41) is 3.72. The lowest BCUT2D eigenvalue weighted by molar-refractivity contribution is 0.249. The number of primary amides is 1. The molecule has 0 bridgehead atoms. The van der Waals surface area contributed by atoms with Gasteiger partial charge in [0.25, 0.3) is 0 Å². The predicted octanol–water partition coefficient (Wildman–Crippen LogP) is 0.474. The second kappa shape index (κ2) is 4.20. The van der Waals surface area contributed by atoms with Crippen LogP contribution in [0.2, 0.25) is 0 Å². The molecule has 1 aromatic rings. The van der Waals surface area contributed by atoms with Gasteiger partial charge in [0.15, 0.2) is 0 Å². The van der Waals surface area contributed by atoms with E-state index in [9.17, 15) is 4.79 Å². The predicted molar refractivity (Wildman–Crippen MR) is 49.2 cm³/mol. The van der Waals surface area contributed by atoms with Crippen molar-refractivity contribution < 1.29 is 4.79 Å². The molecular formula is C8H10N4O. The number of nitrogens with two attached hydrogens (primary N) is 1. The lowest BCUT2D eigenvalue weighted by Crippen LogP contribution is -2.25. The van der Waals surface area contributed by atoms with E-state index in [1.807, 2.05) is 6.07 Å². The number of carbonyl (C=O) groups excluding carboxylic acids is 1. The van der Waals surface area contributed by atoms with E-state index in [0.717, 1.165) is 0 Å². The van der Waals surface area contributed by atoms with Crippen LogP contribution in [0.4, 0.5) is 4.79 Å². The van der Waals surface area contributed by atoms with E-state index in [1.165, 1.54) is 0 Å². The number of amides is 2. The van der Waals surface area contributed by atoms with E-state index in [4.69, 9.17) is 5.73 Å². The first-order chi connectivity index (χ1) is 6.20. The Labute approximate surface area is 75.7 Å². The molecule has 0 radical (unpaired) electrons. The van der Waals surface area contributed by atoms with E-state index in [2.05, 4.69) is 15.5 Å². The van der Waals surface area contributed by atoms with Gasteiger partial charge in [0.2, 0.25) is 0 Å². The molecule has 0 aliphatic heterocycles. The van der Waals surface area contributed by atoms with Crippen LogP contribution in [0, 0.1) is 0 Å². The minimum absolute atomic E-state index is 0.611. The molecule has 1 rings (SSSR count). The Kier molecular flexibility index (Phi) is 2.97. The number of aromatic nitrogens is 1. The molecule has 0 fully saturated rings. The van der Waals surface area contributed by atoms with Crippen molar-refractivity contribution in [3.63, 3.8) is 0 Å². The Hall–Kier alpha value is -1.91. The van der Waals surface area contributed by atoms with E-state index in [1.54, 1.807) is 25.3 Å². The highest BCUT2D eigenvalue weighted by Gasteiger charge is 1.96. The molecule has 0 saturated carbocycles. The number of pyridine rings is 1. The first kappa shape index (κ1) is 9.18. The van der Waals surface area contributed by atoms with Crippen LogP contribution in [0.15, 0.2) is 29.5 Å². The average molecular weight is 178 g/mol. The molecule has 5 nitrogen and oxygen atoms in total. The highest BCUT2D eigenvalue weighted by Crippen LogP contribution is 1.94. The fourth-order valence-corrected chi connectivity index (χ4v) is 0.773. The summed E-state index contributed by atoms with van der Waals surface area (Å²) >= 11 is 0. The van der Waals surface area contributed by atoms with Crippen molar-refractivity contribution in [2.75, 3.05) is 0 Å². The topological polar surface area (TPSA) is 80.4 Å². The van der Waals surface area contributed by atoms with E-state index < -0.39 is 6.03 Å². The molecule has 13 heavy (non-hydrogen) atoms. The smallest absolute Gasteiger partial charge is 0.332 e. The highest BCUT2D eigenvalue weighted by molar-refractivity contribution is 5.97. The second-order valence-corrected chi connectivity index (χ2v) is 2.39. The van der Waals surface area contributed by atoms with Crippen LogP contribution in [-0.4, -0.2) is 16.7 Å². The molecule has 3 N–H and O–H groups in total. The molecule has 68 valence electrons. The molecule has 1 heterocycles. The summed E-state index contributed by atoms with van der Waals surface area (Å²) in [6.07, 6.45) is 1.65. The normalized spacial score (nSPS) is 11.0. The van der Waals surface area contributed by atoms with E-state index >= 15 is 0 Å². The van der Waals surface area contributed by atoms with Crippen LogP contribution in [0.1, 0.15) is 12.6 Å². The zero-order chi connectivity index (χ0) is 9.68. The summed E-state index contributed by atoms with van der Waals surface area (Å²) in [5.41, 5.74) is 8.29. The Morgan fingerprint density at radius 1 is 1.62 bits per heavy atom. The van der Waals surface area contributed by atoms with Gasteiger partial charge in [-0.1, -0.05) is 6.07 Å². The van der Waals surface area contributed by atoms with Gasteiger partial charge in [-0.15, -0.1) is 0 Å². The SMILES string of the molecule is C/C(=N/NC(N)=O)c1ccccn1. The van der Waals surface area contributed by atoms with Crippen LogP contribution >= 0.6 is 0 Å². The molecule has 0 aromatic carbocycles. The number of nitrogens with zero attached hydrogens (tertiary/aromatic N) is 2. The number of rotatable bonds is 2. The average Bonchev–Trinajstić information content (AvgIpc) is 2.15. The van der Waals surface area contributed by atoms with Crippen LogP contribution in [0.25, 0.3) is 0 Å². The lowest BCUT2D eigenvalue weighted by atomic mass is 10.3. The fourth-order valence-electron chi connectivity index (χ4n) is 0.773. The first-order valence-electron chi connectivity index (χ1n) is 3.71. The van der Waals surface area contributed by atoms with Crippen LogP contribution in [0.3, 0.4) is 0 Å². The van der Waals surface area contributed by atoms with Gasteiger partial charge in [0.05, 0.1) is 11.4 Å². The van der Waals surface area contributed by atoms with Crippen molar-refractivity contribution in [2.45, 2.75) is 6.92 Å². The summed E-state index contributed by atoms with van der Waals surface area (Å²) in [6.45, 7) is 1.73. The van der Waals surface area contributed by atoms with Gasteiger partial charge in [0, 0.05) is 6.20 Å². The fraction of sp³-hybridized carbons (Fsp3) is 0.125. The van der Waals surface area contributed by atoms with Gasteiger partial charge in [-0.05, 0) is 19.1 Å². The largest absolute Gasteiger partial charge is 0.350 e. The number of hydrogen-bond donors (Lipinski definition) is 2. The molecule has 0 aliphatic carbocycles. The summed E-state index contributed by atoms with van der Waals surface area (Å²) < 4.78 is 0. The zero-order valence-electron chi connectivity index (χ0n) is 7.19. The molecule has 1 aromatic heterocycles. The highest BCUT2D eigenvalue weighted by atomic mass is 16.2. The molecule has 0 aliphatic rings. The second-order valence-electron chi connectivity index (χ2n) is 2.39. The maximum absolute atomic E-state index is 10.3. The quantitative estimate of drug-likeness (QED) is 0.510. The summed E-state index contributed by atoms with van der Waals surface area (Å²) in [7, 11) is 0. The number of urea groups is 1. The Morgan fingerprint density at radius 3 is 2.92 bits per heavy atom. The van der Waals surface area contributed by atoms with Gasteiger partial charge >= 0.3 is 6.03 Å². The molecule has 5 heteroatoms. The van der Waals surface area contributed by atoms with E-state index in [-0.39, 0.29) is 0 Å². The van der Waals surface area contributed by atoms with Gasteiger partial charge in [0.1, 0.15) is 0 Å². The van der Waals surface area contributed by atoms with Crippen LogP contribution < -0.4 is 11.2 Å². The van der Waals surface area contributed by atoms with E-state index in [0.29, 0.717) is 11.4 Å². The van der Waals surface area contributed by atoms with Gasteiger partial charge in [-0.25, -0.2) is 10.2 Å². The molecule has 2 amide bonds. The standard InChI is InChI=1S/C8H10N4O/c1-6(11-12-8(9)13)7-4-2-3-5-10-7/h2-5H,1H3,(H3,9,12,13)/b11-6-. The number of hydrogen-bond acceptors (Lipinski definition) is 3. The number of hydrazone groups is 1. The minimum atomic E-state index is -0.685. The molecule has 0 unspecified atom stereocenters. The van der Waals surface area contributed by atoms with Crippen molar-refractivity contribution in [3.8, 4) is 0 Å². The monoisotopic (exact) mass is 178 g/mol. The zero-order valence-corrected chi connectivity index (χ0v) is 7.19. The van der Waals surface area contributed by atoms with Crippen LogP contribution in [0.5, 0.6) is 0 Å². The minimum Gasteiger partial charge on any atom is -0.350 e. The summed E-state index contributed by atoms with van der Waals surface area (Å²) in [6, 6.07) is 4.75. The van der Waals surface area contributed by atoms with Gasteiger partial charge in [-0.2, -0.15) is 5.10 Å². The van der Waals surface area contributed by atoms with Crippen molar-refractivity contribution in [1.82, 2.24) is 10.4 Å². The van der Waals surface area contributed by atoms with Crippen molar-refractivity contribution >= 4 is 11.7 Å². The lowest BCUT2D eigenvalue weighted by Gasteiger charge is -1.98. The molecule has 0 atom stereocenters. The maximum Gasteiger partial charge on any atom is 0.332 e. The van der Waals surface area contributed by atoms with Crippen molar-refractivity contribution in [3.05, 3.63) is 30.1 Å². The summed E-state index contributed by atoms with van der Waals surface area (Å²) in [4.78, 5) is 14.4. The third-order valence-electron chi connectivity index (χ3n) is 1.37. The Balaban J connectivity index is 2.73. The third-order valence-corrected chi connectivity index (χ3v) is 1.37. The molecular weight excluding hydrogens is 168 g/mol. The van der Waals surface area contributed by atoms with Crippen molar-refractivity contribution in [2.24, 2.45) is 10.8 Å². The first-order valence-corrected chi connectivity index (χ1v) is 3.71. The third kappa shape index (κ3) is 2.90. The Morgan fingerprint density at radius 2 is 2.38 bits per heavy atom. The van der Waals surface area contributed by atoms with Gasteiger partial charge < -0.3 is 5.73 Å². The summed E-state index contributed by atoms with van der Waals surface area (Å²) in [5.74, 6) is 0. The number of nitrogens with one attached hydrogen (secondary N) is 1. The van der Waals surface area contributed by atoms with Crippen molar-refractivity contribution in [1.29, 1.82) is 0 Å².